The number of esters is 1. The fraction of sp³-hybridized carbons (Fsp3) is 0.432. The summed E-state index contributed by atoms with van der Waals surface area (Å²) in [5, 5.41) is 6.03. The summed E-state index contributed by atoms with van der Waals surface area (Å²) < 4.78 is 11.4. The third-order valence-corrected chi connectivity index (χ3v) is 8.12. The van der Waals surface area contributed by atoms with Crippen molar-refractivity contribution in [1.82, 2.24) is 10.6 Å². The second kappa shape index (κ2) is 13.8. The van der Waals surface area contributed by atoms with Gasteiger partial charge in [-0.1, -0.05) is 99.6 Å². The number of nitrogens with one attached hydrogen (secondary N) is 2. The van der Waals surface area contributed by atoms with Crippen LogP contribution < -0.4 is 10.6 Å². The normalized spacial score (nSPS) is 18.2. The molecule has 0 saturated carbocycles. The first kappa shape index (κ1) is 32.9. The van der Waals surface area contributed by atoms with Crippen molar-refractivity contribution in [2.24, 2.45) is 11.3 Å². The van der Waals surface area contributed by atoms with E-state index in [1.807, 2.05) is 76.2 Å². The lowest BCUT2D eigenvalue weighted by Crippen LogP contribution is -2.56. The number of ether oxygens (including phenoxy) is 2. The summed E-state index contributed by atoms with van der Waals surface area (Å²) in [7, 11) is 0. The highest BCUT2D eigenvalue weighted by Crippen LogP contribution is 2.32. The molecular weight excluding hydrogens is 552 g/mol. The Bertz CT molecular complexity index is 1450. The van der Waals surface area contributed by atoms with Gasteiger partial charge in [0.05, 0.1) is 12.0 Å². The predicted octanol–water partition coefficient (Wildman–Crippen LogP) is 6.69. The Kier molecular flexibility index (Phi) is 10.3. The second-order valence-electron chi connectivity index (χ2n) is 13.3. The Hall–Kier alpha value is -3.97. The summed E-state index contributed by atoms with van der Waals surface area (Å²) in [6.07, 6.45) is 0.703. The largest absolute Gasteiger partial charge is 0.432 e. The molecule has 4 rings (SSSR count). The van der Waals surface area contributed by atoms with Crippen molar-refractivity contribution in [3.63, 3.8) is 0 Å². The van der Waals surface area contributed by atoms with Gasteiger partial charge >= 0.3 is 5.97 Å². The van der Waals surface area contributed by atoms with Crippen molar-refractivity contribution in [2.45, 2.75) is 91.7 Å². The first-order valence-electron chi connectivity index (χ1n) is 15.5. The monoisotopic (exact) mass is 598 g/mol. The van der Waals surface area contributed by atoms with Crippen LogP contribution in [0.5, 0.6) is 0 Å². The molecule has 7 nitrogen and oxygen atoms in total. The van der Waals surface area contributed by atoms with Crippen molar-refractivity contribution in [1.29, 1.82) is 0 Å². The highest BCUT2D eigenvalue weighted by Gasteiger charge is 2.48. The van der Waals surface area contributed by atoms with Crippen LogP contribution in [0.2, 0.25) is 0 Å². The zero-order valence-electron chi connectivity index (χ0n) is 27.0. The zero-order valence-corrected chi connectivity index (χ0v) is 27.0. The van der Waals surface area contributed by atoms with Gasteiger partial charge in [-0.3, -0.25) is 9.59 Å². The molecule has 7 heteroatoms. The van der Waals surface area contributed by atoms with E-state index in [4.69, 9.17) is 9.47 Å². The number of aryl methyl sites for hydroxylation is 2. The molecule has 3 aromatic rings. The zero-order chi connectivity index (χ0) is 32.1. The van der Waals surface area contributed by atoms with Crippen LogP contribution in [-0.4, -0.2) is 35.7 Å². The van der Waals surface area contributed by atoms with Gasteiger partial charge < -0.3 is 20.1 Å². The predicted molar refractivity (Wildman–Crippen MR) is 172 cm³/mol. The number of carbonyl (C=O) groups is 3. The Balaban J connectivity index is 1.48. The third kappa shape index (κ3) is 8.35. The molecule has 0 unspecified atom stereocenters. The molecule has 4 atom stereocenters. The lowest BCUT2D eigenvalue weighted by atomic mass is 9.84. The van der Waals surface area contributed by atoms with Gasteiger partial charge in [0.25, 0.3) is 0 Å². The number of benzene rings is 3. The molecule has 0 radical (unpaired) electrons. The number of rotatable bonds is 11. The SMILES string of the molecule is Cc1cc(CCC[C@@H](C(=O)N[C@H](C(=O)N[C@H](C)c2ccccc2)C(C)(C)C)[C@@H]2OC(C)(C)OC2=O)ccc1-c1ccccc1. The summed E-state index contributed by atoms with van der Waals surface area (Å²) in [6, 6.07) is 25.3. The van der Waals surface area contributed by atoms with Crippen molar-refractivity contribution in [3.05, 3.63) is 95.6 Å². The minimum atomic E-state index is -1.13. The highest BCUT2D eigenvalue weighted by atomic mass is 16.8. The van der Waals surface area contributed by atoms with Crippen LogP contribution in [0.15, 0.2) is 78.9 Å². The van der Waals surface area contributed by atoms with E-state index in [0.717, 1.165) is 17.5 Å². The minimum Gasteiger partial charge on any atom is -0.432 e. The fourth-order valence-electron chi connectivity index (χ4n) is 5.74. The Morgan fingerprint density at radius 2 is 1.55 bits per heavy atom. The molecule has 234 valence electrons. The van der Waals surface area contributed by atoms with Crippen molar-refractivity contribution in [2.75, 3.05) is 0 Å². The molecule has 1 fully saturated rings. The third-order valence-electron chi connectivity index (χ3n) is 8.12. The average Bonchev–Trinajstić information content (AvgIpc) is 3.25. The van der Waals surface area contributed by atoms with E-state index in [9.17, 15) is 14.4 Å². The number of cyclic esters (lactones) is 1. The van der Waals surface area contributed by atoms with Gasteiger partial charge in [0.1, 0.15) is 6.04 Å². The quantitative estimate of drug-likeness (QED) is 0.240. The molecule has 0 aliphatic carbocycles. The van der Waals surface area contributed by atoms with Gasteiger partial charge in [-0.25, -0.2) is 4.79 Å². The van der Waals surface area contributed by atoms with Crippen LogP contribution in [-0.2, 0) is 30.3 Å². The molecule has 0 aromatic heterocycles. The molecule has 1 heterocycles. The molecule has 1 saturated heterocycles. The summed E-state index contributed by atoms with van der Waals surface area (Å²) in [6.45, 7) is 13.1. The lowest BCUT2D eigenvalue weighted by molar-refractivity contribution is -0.162. The van der Waals surface area contributed by atoms with Gasteiger partial charge in [-0.05, 0) is 66.3 Å². The maximum atomic E-state index is 13.9. The molecule has 3 aromatic carbocycles. The Morgan fingerprint density at radius 1 is 0.909 bits per heavy atom. The van der Waals surface area contributed by atoms with E-state index in [1.165, 1.54) is 16.7 Å². The smallest absolute Gasteiger partial charge is 0.338 e. The van der Waals surface area contributed by atoms with Gasteiger partial charge in [0, 0.05) is 13.8 Å². The second-order valence-corrected chi connectivity index (χ2v) is 13.3. The van der Waals surface area contributed by atoms with Gasteiger partial charge in [-0.2, -0.15) is 0 Å². The number of amides is 2. The lowest BCUT2D eigenvalue weighted by Gasteiger charge is -2.33. The standard InChI is InChI=1S/C37H46N2O5/c1-24-23-26(21-22-29(24)28-18-12-9-13-19-28)15-14-20-30(31-35(42)44-37(6,7)43-31)33(40)39-32(36(3,4)5)34(41)38-25(2)27-16-10-8-11-17-27/h8-13,16-19,21-23,25,30-32H,14-15,20H2,1-7H3,(H,38,41)(H,39,40)/t25-,30-,31+,32-/m1/s1. The van der Waals surface area contributed by atoms with E-state index in [2.05, 4.69) is 47.9 Å². The van der Waals surface area contributed by atoms with Gasteiger partial charge in [0.2, 0.25) is 17.6 Å². The Morgan fingerprint density at radius 3 is 2.11 bits per heavy atom. The number of carbonyl (C=O) groups excluding carboxylic acids is 3. The van der Waals surface area contributed by atoms with Crippen LogP contribution in [0.3, 0.4) is 0 Å². The molecule has 1 aliphatic heterocycles. The van der Waals surface area contributed by atoms with Gasteiger partial charge in [-0.15, -0.1) is 0 Å². The van der Waals surface area contributed by atoms with Crippen LogP contribution >= 0.6 is 0 Å². The molecule has 44 heavy (non-hydrogen) atoms. The molecule has 2 amide bonds. The summed E-state index contributed by atoms with van der Waals surface area (Å²) in [5.41, 5.74) is 5.06. The van der Waals surface area contributed by atoms with Crippen molar-refractivity contribution in [3.8, 4) is 11.1 Å². The average molecular weight is 599 g/mol. The van der Waals surface area contributed by atoms with Crippen molar-refractivity contribution < 1.29 is 23.9 Å². The molecular formula is C37H46N2O5. The molecule has 2 N–H and O–H groups in total. The van der Waals surface area contributed by atoms with Gasteiger partial charge in [0.15, 0.2) is 6.10 Å². The van der Waals surface area contributed by atoms with E-state index < -0.39 is 41.1 Å². The number of hydrogen-bond donors (Lipinski definition) is 2. The first-order valence-corrected chi connectivity index (χ1v) is 15.5. The summed E-state index contributed by atoms with van der Waals surface area (Å²) in [5.74, 6) is -3.20. The van der Waals surface area contributed by atoms with Crippen LogP contribution in [0, 0.1) is 18.3 Å². The maximum absolute atomic E-state index is 13.9. The molecule has 0 bridgehead atoms. The number of hydrogen-bond acceptors (Lipinski definition) is 5. The summed E-state index contributed by atoms with van der Waals surface area (Å²) in [4.78, 5) is 40.4. The first-order chi connectivity index (χ1) is 20.7. The van der Waals surface area contributed by atoms with Crippen LogP contribution in [0.25, 0.3) is 11.1 Å². The van der Waals surface area contributed by atoms with E-state index >= 15 is 0 Å². The highest BCUT2D eigenvalue weighted by molar-refractivity contribution is 5.92. The van der Waals surface area contributed by atoms with E-state index in [-0.39, 0.29) is 11.9 Å². The summed E-state index contributed by atoms with van der Waals surface area (Å²) >= 11 is 0. The van der Waals surface area contributed by atoms with E-state index in [1.54, 1.807) is 13.8 Å². The van der Waals surface area contributed by atoms with E-state index in [0.29, 0.717) is 12.8 Å². The van der Waals surface area contributed by atoms with Crippen LogP contribution in [0.4, 0.5) is 0 Å². The molecule has 0 spiro atoms. The topological polar surface area (TPSA) is 93.7 Å². The molecule has 1 aliphatic rings. The Labute approximate surface area is 261 Å². The van der Waals surface area contributed by atoms with Crippen molar-refractivity contribution >= 4 is 17.8 Å². The minimum absolute atomic E-state index is 0.244. The fourth-order valence-corrected chi connectivity index (χ4v) is 5.74. The van der Waals surface area contributed by atoms with Crippen LogP contribution in [0.1, 0.15) is 77.1 Å². The maximum Gasteiger partial charge on any atom is 0.338 e.